The highest BCUT2D eigenvalue weighted by Gasteiger charge is 2.49. The fourth-order valence-corrected chi connectivity index (χ4v) is 6.44. The van der Waals surface area contributed by atoms with E-state index in [0.717, 1.165) is 73.0 Å². The number of aromatic nitrogens is 1. The number of thiazole rings is 1. The molecule has 31 heavy (non-hydrogen) atoms. The van der Waals surface area contributed by atoms with Crippen molar-refractivity contribution in [1.29, 1.82) is 0 Å². The predicted molar refractivity (Wildman–Crippen MR) is 140 cm³/mol. The van der Waals surface area contributed by atoms with Crippen LogP contribution in [-0.4, -0.2) is 15.2 Å². The van der Waals surface area contributed by atoms with Gasteiger partial charge in [-0.1, -0.05) is 78.2 Å². The van der Waals surface area contributed by atoms with Crippen LogP contribution < -0.4 is 0 Å². The van der Waals surface area contributed by atoms with Crippen LogP contribution in [0.3, 0.4) is 0 Å². The van der Waals surface area contributed by atoms with E-state index in [9.17, 15) is 9.59 Å². The van der Waals surface area contributed by atoms with Crippen LogP contribution in [0.5, 0.6) is 0 Å². The number of rotatable bonds is 15. The van der Waals surface area contributed by atoms with E-state index in [1.54, 1.807) is 11.3 Å². The first-order valence-electron chi connectivity index (χ1n) is 11.8. The van der Waals surface area contributed by atoms with Gasteiger partial charge in [-0.05, 0) is 37.0 Å². The molecule has 0 N–H and O–H groups in total. The summed E-state index contributed by atoms with van der Waals surface area (Å²) in [7, 11) is 0. The highest BCUT2D eigenvalue weighted by Crippen LogP contribution is 2.46. The monoisotopic (exact) mass is 479 g/mol. The van der Waals surface area contributed by atoms with Gasteiger partial charge in [0.05, 0.1) is 10.2 Å². The minimum atomic E-state index is -1.00. The summed E-state index contributed by atoms with van der Waals surface area (Å²) in [5.41, 5.74) is 1.13. The van der Waals surface area contributed by atoms with E-state index in [1.807, 2.05) is 6.07 Å². The maximum absolute atomic E-state index is 13.2. The molecule has 0 bridgehead atoms. The van der Waals surface area contributed by atoms with Crippen molar-refractivity contribution in [2.75, 3.05) is 0 Å². The van der Waals surface area contributed by atoms with E-state index in [2.05, 4.69) is 58.2 Å². The molecule has 1 aromatic carbocycles. The number of aryl methyl sites for hydroxylation is 1. The average molecular weight is 480 g/mol. The van der Waals surface area contributed by atoms with Crippen molar-refractivity contribution in [2.45, 2.75) is 96.8 Å². The smallest absolute Gasteiger partial charge is 0.199 e. The molecule has 2 rings (SSSR count). The van der Waals surface area contributed by atoms with Gasteiger partial charge < -0.3 is 0 Å². The first-order valence-corrected chi connectivity index (χ1v) is 13.5. The molecule has 0 amide bonds. The van der Waals surface area contributed by atoms with Gasteiger partial charge >= 0.3 is 0 Å². The van der Waals surface area contributed by atoms with Gasteiger partial charge in [-0.3, -0.25) is 9.59 Å². The third kappa shape index (κ3) is 6.58. The van der Waals surface area contributed by atoms with Crippen molar-refractivity contribution in [1.82, 2.24) is 4.98 Å². The van der Waals surface area contributed by atoms with Gasteiger partial charge in [-0.2, -0.15) is 0 Å². The summed E-state index contributed by atoms with van der Waals surface area (Å²) in [6, 6.07) is 6.27. The summed E-state index contributed by atoms with van der Waals surface area (Å²) in [4.78, 5) is 30.9. The molecule has 0 fully saturated rings. The van der Waals surface area contributed by atoms with Crippen molar-refractivity contribution in [3.63, 3.8) is 0 Å². The van der Waals surface area contributed by atoms with Crippen molar-refractivity contribution >= 4 is 57.0 Å². The fourth-order valence-electron chi connectivity index (χ4n) is 4.34. The molecular formula is C25H37NO2S3. The van der Waals surface area contributed by atoms with Crippen LogP contribution in [0.2, 0.25) is 0 Å². The third-order valence-corrected chi connectivity index (χ3v) is 8.19. The Kier molecular flexibility index (Phi) is 11.1. The number of carbonyl (C=O) groups is 2. The Bertz CT molecular complexity index is 864. The number of unbranched alkanes of at least 4 members (excludes halogenated alkanes) is 6. The molecule has 2 unspecified atom stereocenters. The van der Waals surface area contributed by atoms with Crippen molar-refractivity contribution in [3.05, 3.63) is 28.8 Å². The lowest BCUT2D eigenvalue weighted by Crippen LogP contribution is -2.44. The van der Waals surface area contributed by atoms with E-state index in [-0.39, 0.29) is 10.2 Å². The predicted octanol–water partition coefficient (Wildman–Crippen LogP) is 7.57. The molecule has 0 saturated heterocycles. The molecular weight excluding hydrogens is 442 g/mol. The zero-order valence-electron chi connectivity index (χ0n) is 19.2. The van der Waals surface area contributed by atoms with Crippen molar-refractivity contribution in [3.8, 4) is 0 Å². The Balaban J connectivity index is 2.52. The molecule has 3 nitrogen and oxygen atoms in total. The third-order valence-electron chi connectivity index (χ3n) is 6.29. The molecule has 2 aromatic rings. The van der Waals surface area contributed by atoms with E-state index in [0.29, 0.717) is 12.8 Å². The number of hydrogen-bond acceptors (Lipinski definition) is 4. The summed E-state index contributed by atoms with van der Waals surface area (Å²) in [6.07, 6.45) is 10.6. The number of carbonyl (C=O) groups excluding carboxylic acids is 2. The lowest BCUT2D eigenvalue weighted by Gasteiger charge is -2.35. The molecule has 0 aliphatic rings. The summed E-state index contributed by atoms with van der Waals surface area (Å²) in [5.74, 6) is -0.495. The minimum absolute atomic E-state index is 0.220. The van der Waals surface area contributed by atoms with Gasteiger partial charge in [-0.15, -0.1) is 36.6 Å². The van der Waals surface area contributed by atoms with Gasteiger partial charge in [0.25, 0.3) is 0 Å². The van der Waals surface area contributed by atoms with E-state index in [4.69, 9.17) is 4.98 Å². The number of nitrogens with zero attached hydrogens (tertiary/aromatic N) is 1. The average Bonchev–Trinajstić information content (AvgIpc) is 3.17. The molecule has 2 atom stereocenters. The van der Waals surface area contributed by atoms with Crippen LogP contribution in [0.1, 0.15) is 95.6 Å². The standard InChI is InChI=1S/C25H37NO2S3/c1-4-7-9-11-13-19(22(27)29)25(24(28)30,16-12-10-8-5-2)23-26-20-15-14-18(6-3)17-21(20)31-23/h14-15,17,19H,4-13,16H2,1-3H3,(H,27,29)(H,28,30). The molecule has 0 radical (unpaired) electrons. The van der Waals surface area contributed by atoms with Gasteiger partial charge in [-0.25, -0.2) is 4.98 Å². The number of fused-ring (bicyclic) bond motifs is 1. The highest BCUT2D eigenvalue weighted by atomic mass is 32.1. The molecule has 1 aromatic heterocycles. The van der Waals surface area contributed by atoms with Crippen molar-refractivity contribution < 1.29 is 9.59 Å². The molecule has 0 saturated carbocycles. The maximum Gasteiger partial charge on any atom is 0.199 e. The Labute approximate surface area is 202 Å². The summed E-state index contributed by atoms with van der Waals surface area (Å²) in [5, 5.41) is 0.264. The number of thiol groups is 2. The number of benzene rings is 1. The molecule has 6 heteroatoms. The second-order valence-corrected chi connectivity index (χ2v) is 10.4. The lowest BCUT2D eigenvalue weighted by atomic mass is 9.71. The molecule has 1 heterocycles. The van der Waals surface area contributed by atoms with Crippen LogP contribution in [-0.2, 0) is 21.4 Å². The van der Waals surface area contributed by atoms with Crippen LogP contribution in [0.4, 0.5) is 0 Å². The Morgan fingerprint density at radius 1 is 1.00 bits per heavy atom. The van der Waals surface area contributed by atoms with Crippen molar-refractivity contribution in [2.24, 2.45) is 5.92 Å². The zero-order chi connectivity index (χ0) is 22.9. The van der Waals surface area contributed by atoms with Crippen LogP contribution in [0.25, 0.3) is 10.2 Å². The first-order chi connectivity index (χ1) is 14.9. The van der Waals surface area contributed by atoms with Gasteiger partial charge in [0, 0.05) is 5.92 Å². The van der Waals surface area contributed by atoms with Gasteiger partial charge in [0.1, 0.15) is 10.4 Å². The van der Waals surface area contributed by atoms with Crippen LogP contribution in [0.15, 0.2) is 18.2 Å². The Morgan fingerprint density at radius 3 is 2.26 bits per heavy atom. The van der Waals surface area contributed by atoms with E-state index in [1.165, 1.54) is 5.56 Å². The normalized spacial score (nSPS) is 14.5. The first kappa shape index (κ1) is 26.4. The molecule has 0 aliphatic heterocycles. The second-order valence-electron chi connectivity index (χ2n) is 8.50. The summed E-state index contributed by atoms with van der Waals surface area (Å²) < 4.78 is 1.07. The topological polar surface area (TPSA) is 47.0 Å². The van der Waals surface area contributed by atoms with Gasteiger partial charge in [0.2, 0.25) is 0 Å². The summed E-state index contributed by atoms with van der Waals surface area (Å²) >= 11 is 10.2. The van der Waals surface area contributed by atoms with Crippen LogP contribution in [0, 0.1) is 5.92 Å². The fraction of sp³-hybridized carbons (Fsp3) is 0.640. The van der Waals surface area contributed by atoms with E-state index >= 15 is 0 Å². The zero-order valence-corrected chi connectivity index (χ0v) is 21.8. The number of hydrogen-bond donors (Lipinski definition) is 2. The largest absolute Gasteiger partial charge is 0.287 e. The highest BCUT2D eigenvalue weighted by molar-refractivity contribution is 7.97. The summed E-state index contributed by atoms with van der Waals surface area (Å²) in [6.45, 7) is 6.47. The van der Waals surface area contributed by atoms with Gasteiger partial charge in [0.15, 0.2) is 10.2 Å². The molecule has 0 aliphatic carbocycles. The molecule has 0 spiro atoms. The lowest BCUT2D eigenvalue weighted by molar-refractivity contribution is -0.125. The quantitative estimate of drug-likeness (QED) is 0.205. The SMILES string of the molecule is CCCCCCC(C(=O)S)C(CCCCCC)(C(=O)S)c1nc2ccc(CC)cc2s1. The molecule has 172 valence electrons. The Morgan fingerprint density at radius 2 is 1.68 bits per heavy atom. The Hall–Kier alpha value is -0.850. The second kappa shape index (κ2) is 13.0. The van der Waals surface area contributed by atoms with Crippen LogP contribution >= 0.6 is 36.6 Å². The minimum Gasteiger partial charge on any atom is -0.287 e. The van der Waals surface area contributed by atoms with E-state index < -0.39 is 11.3 Å². The maximum atomic E-state index is 13.2.